The minimum atomic E-state index is -0.0663. The van der Waals surface area contributed by atoms with Crippen molar-refractivity contribution in [2.45, 2.75) is 40.0 Å². The molecule has 0 bridgehead atoms. The molecule has 0 fully saturated rings. The highest BCUT2D eigenvalue weighted by molar-refractivity contribution is 6.05. The highest BCUT2D eigenvalue weighted by atomic mass is 16.2. The number of nitrogens with zero attached hydrogens (tertiary/aromatic N) is 3. The summed E-state index contributed by atoms with van der Waals surface area (Å²) < 4.78 is 0. The molecule has 2 heterocycles. The number of hydrogen-bond acceptors (Lipinski definition) is 5. The number of Topliss-reactive ketones (excluding diaryl/α,β-unsaturated/α-hetero) is 1. The Morgan fingerprint density at radius 2 is 1.77 bits per heavy atom. The zero-order chi connectivity index (χ0) is 21.7. The number of ketones is 1. The Bertz CT molecular complexity index is 1000. The molecule has 6 heteroatoms. The number of nitrogens with two attached hydrogens (primary N) is 1. The second-order valence-electron chi connectivity index (χ2n) is 7.50. The molecule has 2 N–H and O–H groups in total. The molecule has 0 unspecified atom stereocenters. The standard InChI is InChI=1S/C24H28N4O2/c1-4-10-28(11-5-2)24(30)20-12-18-7-6-17(13-22(18)27-23(25)14-20)19-8-9-21(16(3)29)26-15-19/h6-9,12-13,15H,4-5,10-11,14H2,1-3H3,(H2,25,27). The van der Waals surface area contributed by atoms with Gasteiger partial charge in [-0.15, -0.1) is 0 Å². The van der Waals surface area contributed by atoms with Crippen molar-refractivity contribution in [3.8, 4) is 11.1 Å². The van der Waals surface area contributed by atoms with E-state index >= 15 is 0 Å². The molecule has 156 valence electrons. The van der Waals surface area contributed by atoms with Gasteiger partial charge in [0.05, 0.1) is 5.69 Å². The summed E-state index contributed by atoms with van der Waals surface area (Å²) in [5.74, 6) is 0.379. The minimum absolute atomic E-state index is 0.0257. The van der Waals surface area contributed by atoms with E-state index in [1.165, 1.54) is 6.92 Å². The maximum absolute atomic E-state index is 13.1. The molecule has 0 saturated heterocycles. The minimum Gasteiger partial charge on any atom is -0.387 e. The molecular weight excluding hydrogens is 376 g/mol. The van der Waals surface area contributed by atoms with Crippen LogP contribution in [0.3, 0.4) is 0 Å². The first-order valence-corrected chi connectivity index (χ1v) is 10.4. The van der Waals surface area contributed by atoms with Crippen LogP contribution in [0.1, 0.15) is 56.1 Å². The average Bonchev–Trinajstić information content (AvgIpc) is 2.90. The topological polar surface area (TPSA) is 88.7 Å². The third-order valence-corrected chi connectivity index (χ3v) is 5.00. The lowest BCUT2D eigenvalue weighted by molar-refractivity contribution is -0.127. The van der Waals surface area contributed by atoms with Crippen LogP contribution in [-0.2, 0) is 4.79 Å². The zero-order valence-corrected chi connectivity index (χ0v) is 17.8. The summed E-state index contributed by atoms with van der Waals surface area (Å²) >= 11 is 0. The van der Waals surface area contributed by atoms with E-state index in [9.17, 15) is 9.59 Å². The maximum Gasteiger partial charge on any atom is 0.250 e. The first kappa shape index (κ1) is 21.4. The van der Waals surface area contributed by atoms with E-state index in [0.717, 1.165) is 48.3 Å². The molecule has 0 radical (unpaired) electrons. The van der Waals surface area contributed by atoms with Gasteiger partial charge in [0, 0.05) is 49.3 Å². The number of rotatable bonds is 7. The van der Waals surface area contributed by atoms with E-state index in [-0.39, 0.29) is 11.7 Å². The van der Waals surface area contributed by atoms with Gasteiger partial charge < -0.3 is 10.6 Å². The fourth-order valence-electron chi connectivity index (χ4n) is 3.54. The number of fused-ring (bicyclic) bond motifs is 1. The van der Waals surface area contributed by atoms with Gasteiger partial charge in [0.15, 0.2) is 5.78 Å². The number of amidine groups is 1. The van der Waals surface area contributed by atoms with Crippen LogP contribution in [0.5, 0.6) is 0 Å². The predicted octanol–water partition coefficient (Wildman–Crippen LogP) is 4.38. The van der Waals surface area contributed by atoms with Gasteiger partial charge in [-0.25, -0.2) is 4.99 Å². The Hall–Kier alpha value is -3.28. The molecule has 0 atom stereocenters. The molecule has 1 aliphatic heterocycles. The van der Waals surface area contributed by atoms with Crippen molar-refractivity contribution in [2.24, 2.45) is 10.7 Å². The van der Waals surface area contributed by atoms with E-state index in [1.807, 2.05) is 35.2 Å². The Kier molecular flexibility index (Phi) is 6.77. The summed E-state index contributed by atoms with van der Waals surface area (Å²) in [6.45, 7) is 7.10. The third-order valence-electron chi connectivity index (χ3n) is 5.00. The van der Waals surface area contributed by atoms with Gasteiger partial charge in [0.2, 0.25) is 5.91 Å². The Labute approximate surface area is 177 Å². The van der Waals surface area contributed by atoms with Crippen LogP contribution in [0.4, 0.5) is 5.69 Å². The number of carbonyl (C=O) groups is 2. The smallest absolute Gasteiger partial charge is 0.250 e. The van der Waals surface area contributed by atoms with Gasteiger partial charge in [-0.1, -0.05) is 32.0 Å². The summed E-state index contributed by atoms with van der Waals surface area (Å²) in [6.07, 6.45) is 5.75. The number of pyridine rings is 1. The predicted molar refractivity (Wildman–Crippen MR) is 121 cm³/mol. The lowest BCUT2D eigenvalue weighted by Crippen LogP contribution is -2.34. The van der Waals surface area contributed by atoms with E-state index in [4.69, 9.17) is 5.73 Å². The van der Waals surface area contributed by atoms with E-state index in [0.29, 0.717) is 23.5 Å². The molecule has 0 spiro atoms. The molecule has 1 aromatic heterocycles. The van der Waals surface area contributed by atoms with Crippen LogP contribution in [0, 0.1) is 0 Å². The normalized spacial score (nSPS) is 13.0. The number of aromatic nitrogens is 1. The second kappa shape index (κ2) is 9.48. The lowest BCUT2D eigenvalue weighted by atomic mass is 10.0. The quantitative estimate of drug-likeness (QED) is 0.694. The fourth-order valence-corrected chi connectivity index (χ4v) is 3.54. The maximum atomic E-state index is 13.1. The van der Waals surface area contributed by atoms with Crippen LogP contribution in [0.2, 0.25) is 0 Å². The number of amides is 1. The van der Waals surface area contributed by atoms with E-state index < -0.39 is 0 Å². The lowest BCUT2D eigenvalue weighted by Gasteiger charge is -2.22. The molecule has 3 rings (SSSR count). The van der Waals surface area contributed by atoms with Crippen molar-refractivity contribution in [3.63, 3.8) is 0 Å². The van der Waals surface area contributed by atoms with Gasteiger partial charge in [-0.05, 0) is 36.6 Å². The SMILES string of the molecule is CCCN(CCC)C(=O)C1=Cc2ccc(-c3ccc(C(C)=O)nc3)cc2N=C(N)C1. The van der Waals surface area contributed by atoms with Crippen LogP contribution in [0.25, 0.3) is 17.2 Å². The van der Waals surface area contributed by atoms with Crippen molar-refractivity contribution < 1.29 is 9.59 Å². The summed E-state index contributed by atoms with van der Waals surface area (Å²) in [4.78, 5) is 35.2. The van der Waals surface area contributed by atoms with E-state index in [2.05, 4.69) is 23.8 Å². The van der Waals surface area contributed by atoms with Crippen molar-refractivity contribution in [3.05, 3.63) is 53.4 Å². The van der Waals surface area contributed by atoms with Gasteiger partial charge in [-0.3, -0.25) is 14.6 Å². The number of hydrogen-bond donors (Lipinski definition) is 1. The Balaban J connectivity index is 1.95. The molecule has 2 aromatic rings. The molecule has 30 heavy (non-hydrogen) atoms. The first-order chi connectivity index (χ1) is 14.4. The van der Waals surface area contributed by atoms with Crippen LogP contribution < -0.4 is 5.73 Å². The van der Waals surface area contributed by atoms with Crippen molar-refractivity contribution in [2.75, 3.05) is 13.1 Å². The highest BCUT2D eigenvalue weighted by Crippen LogP contribution is 2.32. The molecule has 1 amide bonds. The zero-order valence-electron chi connectivity index (χ0n) is 17.8. The Morgan fingerprint density at radius 1 is 1.07 bits per heavy atom. The van der Waals surface area contributed by atoms with Gasteiger partial charge >= 0.3 is 0 Å². The highest BCUT2D eigenvalue weighted by Gasteiger charge is 2.21. The Morgan fingerprint density at radius 3 is 2.37 bits per heavy atom. The number of carbonyl (C=O) groups excluding carboxylic acids is 2. The molecule has 6 nitrogen and oxygen atoms in total. The first-order valence-electron chi connectivity index (χ1n) is 10.4. The summed E-state index contributed by atoms with van der Waals surface area (Å²) in [7, 11) is 0. The summed E-state index contributed by atoms with van der Waals surface area (Å²) in [6, 6.07) is 9.44. The van der Waals surface area contributed by atoms with Gasteiger partial charge in [0.25, 0.3) is 0 Å². The average molecular weight is 405 g/mol. The van der Waals surface area contributed by atoms with Gasteiger partial charge in [-0.2, -0.15) is 0 Å². The third kappa shape index (κ3) is 4.82. The van der Waals surface area contributed by atoms with Crippen molar-refractivity contribution >= 4 is 29.3 Å². The van der Waals surface area contributed by atoms with Crippen LogP contribution in [-0.4, -0.2) is 40.5 Å². The number of benzene rings is 1. The molecular formula is C24H28N4O2. The largest absolute Gasteiger partial charge is 0.387 e. The van der Waals surface area contributed by atoms with Gasteiger partial charge in [0.1, 0.15) is 11.5 Å². The summed E-state index contributed by atoms with van der Waals surface area (Å²) in [5, 5.41) is 0. The fraction of sp³-hybridized carbons (Fsp3) is 0.333. The van der Waals surface area contributed by atoms with Crippen LogP contribution >= 0.6 is 0 Å². The van der Waals surface area contributed by atoms with E-state index in [1.54, 1.807) is 12.3 Å². The molecule has 1 aliphatic rings. The number of aliphatic imine (C=N–C) groups is 1. The second-order valence-corrected chi connectivity index (χ2v) is 7.50. The molecule has 0 saturated carbocycles. The monoisotopic (exact) mass is 404 g/mol. The van der Waals surface area contributed by atoms with Crippen LogP contribution in [0.15, 0.2) is 47.1 Å². The van der Waals surface area contributed by atoms with Crippen molar-refractivity contribution in [1.82, 2.24) is 9.88 Å². The molecule has 1 aromatic carbocycles. The summed E-state index contributed by atoms with van der Waals surface area (Å²) in [5.41, 5.74) is 10.7. The van der Waals surface area contributed by atoms with Crippen molar-refractivity contribution in [1.29, 1.82) is 0 Å². The molecule has 0 aliphatic carbocycles.